The molecule has 0 N–H and O–H groups in total. The average molecular weight is 298 g/mol. The number of pyridine rings is 1. The lowest BCUT2D eigenvalue weighted by Gasteiger charge is -2.05. The van der Waals surface area contributed by atoms with Crippen molar-refractivity contribution in [2.45, 2.75) is 13.5 Å². The predicted molar refractivity (Wildman–Crippen MR) is 79.5 cm³/mol. The number of para-hydroxylation sites is 1. The maximum Gasteiger partial charge on any atom is 0.419 e. The number of esters is 1. The number of aryl methyl sites for hydroxylation is 2. The van der Waals surface area contributed by atoms with E-state index in [1.165, 1.54) is 4.57 Å². The maximum absolute atomic E-state index is 12.2. The normalized spacial score (nSPS) is 10.8. The Morgan fingerprint density at radius 1 is 1.27 bits per heavy atom. The van der Waals surface area contributed by atoms with Gasteiger partial charge in [0.05, 0.1) is 11.2 Å². The molecule has 0 fully saturated rings. The van der Waals surface area contributed by atoms with Crippen molar-refractivity contribution in [3.8, 4) is 0 Å². The van der Waals surface area contributed by atoms with E-state index in [4.69, 9.17) is 9.15 Å². The summed E-state index contributed by atoms with van der Waals surface area (Å²) in [6, 6.07) is 10.5. The number of rotatable bonds is 3. The van der Waals surface area contributed by atoms with Crippen LogP contribution in [0, 0.1) is 6.92 Å². The number of hydrogen-bond donors (Lipinski definition) is 0. The molecule has 2 heterocycles. The quantitative estimate of drug-likeness (QED) is 0.693. The molecule has 0 aliphatic carbocycles. The van der Waals surface area contributed by atoms with Crippen LogP contribution < -0.4 is 5.76 Å². The van der Waals surface area contributed by atoms with E-state index >= 15 is 0 Å². The van der Waals surface area contributed by atoms with Crippen LogP contribution in [0.2, 0.25) is 0 Å². The lowest BCUT2D eigenvalue weighted by Crippen LogP contribution is -2.08. The Balaban J connectivity index is 1.86. The van der Waals surface area contributed by atoms with Crippen LogP contribution in [0.1, 0.15) is 21.7 Å². The minimum atomic E-state index is -0.553. The second-order valence-corrected chi connectivity index (χ2v) is 4.93. The van der Waals surface area contributed by atoms with Crippen molar-refractivity contribution in [3.05, 3.63) is 63.9 Å². The van der Waals surface area contributed by atoms with E-state index in [1.54, 1.807) is 31.3 Å². The summed E-state index contributed by atoms with van der Waals surface area (Å²) in [6.07, 6.45) is 0. The van der Waals surface area contributed by atoms with Crippen molar-refractivity contribution in [2.75, 3.05) is 0 Å². The van der Waals surface area contributed by atoms with Crippen molar-refractivity contribution in [3.63, 3.8) is 0 Å². The lowest BCUT2D eigenvalue weighted by atomic mass is 10.2. The van der Waals surface area contributed by atoms with E-state index in [1.807, 2.05) is 19.1 Å². The summed E-state index contributed by atoms with van der Waals surface area (Å²) in [7, 11) is 1.58. The number of aromatic nitrogens is 2. The van der Waals surface area contributed by atoms with Gasteiger partial charge in [0, 0.05) is 12.7 Å². The van der Waals surface area contributed by atoms with E-state index in [0.29, 0.717) is 11.2 Å². The molecule has 6 heteroatoms. The molecule has 3 aromatic rings. The molecule has 0 aliphatic heterocycles. The fraction of sp³-hybridized carbons (Fsp3) is 0.188. The van der Waals surface area contributed by atoms with Crippen LogP contribution in [0.15, 0.2) is 45.6 Å². The van der Waals surface area contributed by atoms with Gasteiger partial charge in [-0.1, -0.05) is 12.1 Å². The molecule has 22 heavy (non-hydrogen) atoms. The Labute approximate surface area is 126 Å². The van der Waals surface area contributed by atoms with Crippen LogP contribution >= 0.6 is 0 Å². The number of fused-ring (bicyclic) bond motifs is 1. The van der Waals surface area contributed by atoms with Gasteiger partial charge in [0.1, 0.15) is 12.2 Å². The first-order valence-electron chi connectivity index (χ1n) is 6.74. The number of ether oxygens (including phenoxy) is 1. The first kappa shape index (κ1) is 14.1. The molecule has 3 rings (SSSR count). The van der Waals surface area contributed by atoms with Gasteiger partial charge in [0.15, 0.2) is 5.58 Å². The molecule has 6 nitrogen and oxygen atoms in total. The van der Waals surface area contributed by atoms with Crippen molar-refractivity contribution in [1.82, 2.24) is 9.55 Å². The highest BCUT2D eigenvalue weighted by atomic mass is 16.5. The fourth-order valence-electron chi connectivity index (χ4n) is 2.21. The van der Waals surface area contributed by atoms with Gasteiger partial charge in [-0.15, -0.1) is 0 Å². The van der Waals surface area contributed by atoms with Crippen molar-refractivity contribution in [1.29, 1.82) is 0 Å². The molecule has 0 aliphatic rings. The predicted octanol–water partition coefficient (Wildman–Crippen LogP) is 2.19. The zero-order valence-corrected chi connectivity index (χ0v) is 12.2. The monoisotopic (exact) mass is 298 g/mol. The Morgan fingerprint density at radius 3 is 2.82 bits per heavy atom. The number of benzene rings is 1. The molecule has 0 amide bonds. The third-order valence-electron chi connectivity index (χ3n) is 3.34. The first-order chi connectivity index (χ1) is 10.6. The zero-order valence-electron chi connectivity index (χ0n) is 12.2. The Bertz CT molecular complexity index is 908. The van der Waals surface area contributed by atoms with E-state index in [9.17, 15) is 9.59 Å². The summed E-state index contributed by atoms with van der Waals surface area (Å²) in [4.78, 5) is 28.0. The van der Waals surface area contributed by atoms with Crippen LogP contribution in [-0.2, 0) is 18.4 Å². The van der Waals surface area contributed by atoms with Crippen LogP contribution in [-0.4, -0.2) is 15.5 Å². The highest BCUT2D eigenvalue weighted by Gasteiger charge is 2.17. The summed E-state index contributed by atoms with van der Waals surface area (Å²) < 4.78 is 11.7. The van der Waals surface area contributed by atoms with Gasteiger partial charge in [-0.3, -0.25) is 9.55 Å². The summed E-state index contributed by atoms with van der Waals surface area (Å²) in [5.41, 5.74) is 2.52. The number of carbonyl (C=O) groups excluding carboxylic acids is 1. The number of hydrogen-bond acceptors (Lipinski definition) is 5. The average Bonchev–Trinajstić information content (AvgIpc) is 2.80. The highest BCUT2D eigenvalue weighted by molar-refractivity contribution is 6.01. The Hall–Kier alpha value is -2.89. The highest BCUT2D eigenvalue weighted by Crippen LogP contribution is 2.18. The smallest absolute Gasteiger partial charge is 0.419 e. The molecule has 112 valence electrons. The summed E-state index contributed by atoms with van der Waals surface area (Å²) in [5, 5.41) is 0. The van der Waals surface area contributed by atoms with E-state index < -0.39 is 11.7 Å². The van der Waals surface area contributed by atoms with Gasteiger partial charge >= 0.3 is 11.7 Å². The van der Waals surface area contributed by atoms with Crippen LogP contribution in [0.4, 0.5) is 0 Å². The van der Waals surface area contributed by atoms with Crippen molar-refractivity contribution in [2.24, 2.45) is 7.05 Å². The third kappa shape index (κ3) is 2.50. The van der Waals surface area contributed by atoms with Crippen molar-refractivity contribution < 1.29 is 13.9 Å². The molecule has 0 saturated carbocycles. The molecule has 0 bridgehead atoms. The van der Waals surface area contributed by atoms with Crippen molar-refractivity contribution >= 4 is 17.1 Å². The van der Waals surface area contributed by atoms with Gasteiger partial charge in [-0.2, -0.15) is 0 Å². The van der Waals surface area contributed by atoms with Gasteiger partial charge in [0.25, 0.3) is 0 Å². The SMILES string of the molecule is Cc1cccc(COC(=O)c2cccc3c2oc(=O)n3C)n1. The molecule has 0 radical (unpaired) electrons. The topological polar surface area (TPSA) is 74.3 Å². The van der Waals surface area contributed by atoms with E-state index in [2.05, 4.69) is 4.98 Å². The minimum absolute atomic E-state index is 0.0635. The lowest BCUT2D eigenvalue weighted by molar-refractivity contribution is 0.0468. The second-order valence-electron chi connectivity index (χ2n) is 4.93. The molecule has 2 aromatic heterocycles. The van der Waals surface area contributed by atoms with Crippen LogP contribution in [0.3, 0.4) is 0 Å². The molecule has 0 atom stereocenters. The minimum Gasteiger partial charge on any atom is -0.455 e. The molecule has 1 aromatic carbocycles. The summed E-state index contributed by atoms with van der Waals surface area (Å²) in [6.45, 7) is 1.93. The molecule has 0 saturated heterocycles. The van der Waals surface area contributed by atoms with Gasteiger partial charge in [-0.25, -0.2) is 9.59 Å². The van der Waals surface area contributed by atoms with Gasteiger partial charge in [-0.05, 0) is 31.2 Å². The standard InChI is InChI=1S/C16H14N2O4/c1-10-5-3-6-11(17-10)9-21-15(19)12-7-4-8-13-14(12)22-16(20)18(13)2/h3-8H,9H2,1-2H3. The fourth-order valence-corrected chi connectivity index (χ4v) is 2.21. The second kappa shape index (κ2) is 5.48. The summed E-state index contributed by atoms with van der Waals surface area (Å²) in [5.74, 6) is -1.07. The molecular weight excluding hydrogens is 284 g/mol. The summed E-state index contributed by atoms with van der Waals surface area (Å²) >= 11 is 0. The largest absolute Gasteiger partial charge is 0.455 e. The van der Waals surface area contributed by atoms with Crippen LogP contribution in [0.25, 0.3) is 11.1 Å². The van der Waals surface area contributed by atoms with Gasteiger partial charge < -0.3 is 9.15 Å². The molecule has 0 unspecified atom stereocenters. The van der Waals surface area contributed by atoms with Gasteiger partial charge in [0.2, 0.25) is 0 Å². The third-order valence-corrected chi connectivity index (χ3v) is 3.34. The molecular formula is C16H14N2O4. The number of carbonyl (C=O) groups is 1. The molecule has 0 spiro atoms. The maximum atomic E-state index is 12.2. The Kier molecular flexibility index (Phi) is 3.50. The first-order valence-corrected chi connectivity index (χ1v) is 6.74. The Morgan fingerprint density at radius 2 is 2.05 bits per heavy atom. The number of oxazole rings is 1. The van der Waals surface area contributed by atoms with Crippen LogP contribution in [0.5, 0.6) is 0 Å². The van der Waals surface area contributed by atoms with E-state index in [0.717, 1.165) is 5.69 Å². The number of nitrogens with zero attached hydrogens (tertiary/aromatic N) is 2. The zero-order chi connectivity index (χ0) is 15.7. The van der Waals surface area contributed by atoms with E-state index in [-0.39, 0.29) is 17.8 Å².